The first-order valence-corrected chi connectivity index (χ1v) is 29.8. The van der Waals surface area contributed by atoms with Crippen molar-refractivity contribution >= 4 is 17.9 Å². The lowest BCUT2D eigenvalue weighted by atomic mass is 10.0. The molecule has 0 radical (unpaired) electrons. The predicted octanol–water partition coefficient (Wildman–Crippen LogP) is 20.0. The van der Waals surface area contributed by atoms with E-state index in [2.05, 4.69) is 81.5 Å². The van der Waals surface area contributed by atoms with Crippen molar-refractivity contribution in [1.29, 1.82) is 0 Å². The maximum Gasteiger partial charge on any atom is 0.306 e. The molecule has 0 aliphatic heterocycles. The maximum absolute atomic E-state index is 12.9. The summed E-state index contributed by atoms with van der Waals surface area (Å²) in [5.41, 5.74) is 0. The molecule has 0 saturated heterocycles. The first-order chi connectivity index (χ1) is 34.0. The van der Waals surface area contributed by atoms with Crippen LogP contribution in [-0.2, 0) is 28.6 Å². The normalized spacial score (nSPS) is 12.4. The third-order valence-corrected chi connectivity index (χ3v) is 13.0. The molecule has 0 aromatic rings. The molecule has 6 nitrogen and oxygen atoms in total. The van der Waals surface area contributed by atoms with Gasteiger partial charge in [0.15, 0.2) is 6.10 Å². The molecular formula is C63H112O6. The summed E-state index contributed by atoms with van der Waals surface area (Å²) in [6.07, 6.45) is 72.2. The largest absolute Gasteiger partial charge is 0.462 e. The smallest absolute Gasteiger partial charge is 0.306 e. The third-order valence-electron chi connectivity index (χ3n) is 13.0. The van der Waals surface area contributed by atoms with Crippen LogP contribution in [0.1, 0.15) is 303 Å². The Morgan fingerprint density at radius 2 is 0.536 bits per heavy atom. The van der Waals surface area contributed by atoms with Crippen LogP contribution in [0.25, 0.3) is 0 Å². The van der Waals surface area contributed by atoms with Crippen LogP contribution < -0.4 is 0 Å². The molecule has 69 heavy (non-hydrogen) atoms. The number of carbonyl (C=O) groups excluding carboxylic acids is 3. The molecule has 0 N–H and O–H groups in total. The monoisotopic (exact) mass is 965 g/mol. The van der Waals surface area contributed by atoms with E-state index in [0.717, 1.165) is 64.2 Å². The lowest BCUT2D eigenvalue weighted by Gasteiger charge is -2.18. The Kier molecular flexibility index (Phi) is 55.3. The first kappa shape index (κ1) is 66.1. The van der Waals surface area contributed by atoms with Gasteiger partial charge in [-0.3, -0.25) is 14.4 Å². The number of hydrogen-bond donors (Lipinski definition) is 0. The Labute approximate surface area is 428 Å². The minimum absolute atomic E-state index is 0.0900. The minimum Gasteiger partial charge on any atom is -0.462 e. The number of rotatable bonds is 54. The molecule has 400 valence electrons. The van der Waals surface area contributed by atoms with Gasteiger partial charge in [-0.2, -0.15) is 0 Å². The zero-order valence-electron chi connectivity index (χ0n) is 45.8. The second-order valence-corrected chi connectivity index (χ2v) is 19.9. The van der Waals surface area contributed by atoms with E-state index in [1.807, 2.05) is 0 Å². The summed E-state index contributed by atoms with van der Waals surface area (Å²) in [7, 11) is 0. The summed E-state index contributed by atoms with van der Waals surface area (Å²) in [5, 5.41) is 0. The highest BCUT2D eigenvalue weighted by atomic mass is 16.6. The van der Waals surface area contributed by atoms with Crippen molar-refractivity contribution in [3.8, 4) is 0 Å². The van der Waals surface area contributed by atoms with Crippen LogP contribution in [0.5, 0.6) is 0 Å². The fourth-order valence-electron chi connectivity index (χ4n) is 8.49. The summed E-state index contributed by atoms with van der Waals surface area (Å²) >= 11 is 0. The molecule has 0 fully saturated rings. The van der Waals surface area contributed by atoms with E-state index in [1.165, 1.54) is 193 Å². The van der Waals surface area contributed by atoms with Gasteiger partial charge >= 0.3 is 17.9 Å². The van der Waals surface area contributed by atoms with Gasteiger partial charge in [-0.25, -0.2) is 0 Å². The minimum atomic E-state index is -0.797. The summed E-state index contributed by atoms with van der Waals surface area (Å²) in [6.45, 7) is 6.59. The fraction of sp³-hybridized carbons (Fsp3) is 0.794. The third kappa shape index (κ3) is 55.9. The van der Waals surface area contributed by atoms with Gasteiger partial charge in [-0.05, 0) is 83.5 Å². The summed E-state index contributed by atoms with van der Waals surface area (Å²) in [6, 6.07) is 0. The van der Waals surface area contributed by atoms with Gasteiger partial charge in [0.25, 0.3) is 0 Å². The van der Waals surface area contributed by atoms with Crippen LogP contribution in [0, 0.1) is 0 Å². The van der Waals surface area contributed by atoms with Crippen molar-refractivity contribution < 1.29 is 28.6 Å². The molecular weight excluding hydrogens is 853 g/mol. The number of carbonyl (C=O) groups is 3. The SMILES string of the molecule is CCCCCC=CCC=CCC=CCC=CCCCC(=O)OCC(COC(=O)CCCCCCCCCCCCCCCCCCC)OC(=O)CCCCCCCCCC=CCCCCCCCC. The lowest BCUT2D eigenvalue weighted by molar-refractivity contribution is -0.167. The summed E-state index contributed by atoms with van der Waals surface area (Å²) in [5.74, 6) is -0.939. The van der Waals surface area contributed by atoms with Gasteiger partial charge in [0, 0.05) is 19.3 Å². The van der Waals surface area contributed by atoms with Crippen molar-refractivity contribution in [1.82, 2.24) is 0 Å². The second kappa shape index (κ2) is 57.7. The Bertz CT molecular complexity index is 1250. The highest BCUT2D eigenvalue weighted by Gasteiger charge is 2.19. The Balaban J connectivity index is 4.44. The molecule has 0 rings (SSSR count). The van der Waals surface area contributed by atoms with Gasteiger partial charge in [0.1, 0.15) is 13.2 Å². The molecule has 6 heteroatoms. The van der Waals surface area contributed by atoms with Crippen LogP contribution in [0.15, 0.2) is 60.8 Å². The van der Waals surface area contributed by atoms with Crippen molar-refractivity contribution in [2.75, 3.05) is 13.2 Å². The molecule has 1 unspecified atom stereocenters. The van der Waals surface area contributed by atoms with Crippen LogP contribution >= 0.6 is 0 Å². The van der Waals surface area contributed by atoms with E-state index in [0.29, 0.717) is 19.3 Å². The number of ether oxygens (including phenoxy) is 3. The molecule has 0 aliphatic carbocycles. The van der Waals surface area contributed by atoms with Crippen molar-refractivity contribution in [3.05, 3.63) is 60.8 Å². The molecule has 0 aromatic heterocycles. The van der Waals surface area contributed by atoms with E-state index < -0.39 is 6.10 Å². The van der Waals surface area contributed by atoms with Crippen LogP contribution in [-0.4, -0.2) is 37.2 Å². The number of hydrogen-bond acceptors (Lipinski definition) is 6. The van der Waals surface area contributed by atoms with Crippen LogP contribution in [0.2, 0.25) is 0 Å². The molecule has 0 aromatic carbocycles. The quantitative estimate of drug-likeness (QED) is 0.0262. The van der Waals surface area contributed by atoms with Crippen molar-refractivity contribution in [2.24, 2.45) is 0 Å². The number of esters is 3. The number of allylic oxidation sites excluding steroid dienone is 10. The molecule has 1 atom stereocenters. The van der Waals surface area contributed by atoms with Crippen molar-refractivity contribution in [3.63, 3.8) is 0 Å². The zero-order valence-corrected chi connectivity index (χ0v) is 45.8. The zero-order chi connectivity index (χ0) is 50.0. The van der Waals surface area contributed by atoms with Gasteiger partial charge < -0.3 is 14.2 Å². The van der Waals surface area contributed by atoms with Gasteiger partial charge in [-0.1, -0.05) is 261 Å². The highest BCUT2D eigenvalue weighted by molar-refractivity contribution is 5.71. The average molecular weight is 966 g/mol. The van der Waals surface area contributed by atoms with E-state index in [4.69, 9.17) is 14.2 Å². The molecule has 0 aliphatic rings. The summed E-state index contributed by atoms with van der Waals surface area (Å²) in [4.78, 5) is 38.2. The predicted molar refractivity (Wildman–Crippen MR) is 298 cm³/mol. The first-order valence-electron chi connectivity index (χ1n) is 29.8. The molecule has 0 heterocycles. The van der Waals surface area contributed by atoms with Crippen LogP contribution in [0.3, 0.4) is 0 Å². The van der Waals surface area contributed by atoms with Gasteiger partial charge in [-0.15, -0.1) is 0 Å². The summed E-state index contributed by atoms with van der Waals surface area (Å²) < 4.78 is 16.8. The average Bonchev–Trinajstić information content (AvgIpc) is 3.35. The molecule has 0 saturated carbocycles. The van der Waals surface area contributed by atoms with E-state index >= 15 is 0 Å². The fourth-order valence-corrected chi connectivity index (χ4v) is 8.49. The Hall–Kier alpha value is -2.89. The number of unbranched alkanes of at least 4 members (excludes halogenated alkanes) is 33. The maximum atomic E-state index is 12.9. The van der Waals surface area contributed by atoms with Gasteiger partial charge in [0.2, 0.25) is 0 Å². The lowest BCUT2D eigenvalue weighted by Crippen LogP contribution is -2.30. The Morgan fingerprint density at radius 3 is 0.913 bits per heavy atom. The van der Waals surface area contributed by atoms with E-state index in [1.54, 1.807) is 0 Å². The second-order valence-electron chi connectivity index (χ2n) is 19.9. The topological polar surface area (TPSA) is 78.9 Å². The van der Waals surface area contributed by atoms with Crippen molar-refractivity contribution in [2.45, 2.75) is 309 Å². The molecule has 0 bridgehead atoms. The molecule has 0 spiro atoms. The van der Waals surface area contributed by atoms with E-state index in [-0.39, 0.29) is 37.5 Å². The molecule has 0 amide bonds. The Morgan fingerprint density at radius 1 is 0.290 bits per heavy atom. The highest BCUT2D eigenvalue weighted by Crippen LogP contribution is 2.16. The van der Waals surface area contributed by atoms with E-state index in [9.17, 15) is 14.4 Å². The van der Waals surface area contributed by atoms with Crippen LogP contribution in [0.4, 0.5) is 0 Å². The van der Waals surface area contributed by atoms with Gasteiger partial charge in [0.05, 0.1) is 0 Å². The standard InChI is InChI=1S/C63H112O6/c1-4-7-10-13-16-19-22-25-28-31-34-37-40-43-46-49-52-55-61(64)67-58-60(69-63(66)57-54-51-48-45-42-39-36-33-30-27-24-21-18-15-12-9-6-3)59-68-62(65)56-53-50-47-44-41-38-35-32-29-26-23-20-17-14-11-8-5-2/h16,19,25,27-28,30,34,37,43,46,60H,4-15,17-18,20-24,26,29,31-33,35-36,38-42,44-45,47-59H2,1-3H3.